The molecule has 0 saturated carbocycles. The number of carbonyl (C=O) groups is 1. The zero-order valence-corrected chi connectivity index (χ0v) is 18.4. The number of halogens is 1. The van der Waals surface area contributed by atoms with Gasteiger partial charge in [-0.2, -0.15) is 0 Å². The van der Waals surface area contributed by atoms with Crippen molar-refractivity contribution < 1.29 is 23.2 Å². The van der Waals surface area contributed by atoms with Gasteiger partial charge in [0.25, 0.3) is 5.56 Å². The Bertz CT molecular complexity index is 1030. The summed E-state index contributed by atoms with van der Waals surface area (Å²) in [5.41, 5.74) is -1.76. The zero-order valence-electron chi connectivity index (χ0n) is 18.4. The second kappa shape index (κ2) is 7.39. The van der Waals surface area contributed by atoms with Crippen molar-refractivity contribution in [3.05, 3.63) is 40.1 Å². The number of amides is 1. The first-order valence-corrected chi connectivity index (χ1v) is 9.87. The van der Waals surface area contributed by atoms with Crippen LogP contribution in [0.1, 0.15) is 54.2 Å². The van der Waals surface area contributed by atoms with Gasteiger partial charge in [0, 0.05) is 21.9 Å². The Morgan fingerprint density at radius 2 is 1.77 bits per heavy atom. The fraction of sp³-hybridized carbons (Fsp3) is 0.524. The van der Waals surface area contributed by atoms with Crippen LogP contribution < -0.4 is 16.3 Å². The van der Waals surface area contributed by atoms with E-state index >= 15 is 4.39 Å². The monoisotopic (exact) mass is 418 g/mol. The first-order valence-electron chi connectivity index (χ1n) is 9.87. The van der Waals surface area contributed by atoms with Gasteiger partial charge in [-0.15, -0.1) is 0 Å². The highest BCUT2D eigenvalue weighted by molar-refractivity contribution is 6.62. The number of hydrogen-bond donors (Lipinski definition) is 2. The van der Waals surface area contributed by atoms with Crippen molar-refractivity contribution in [2.75, 3.05) is 0 Å². The molecule has 2 aromatic rings. The quantitative estimate of drug-likeness (QED) is 0.749. The number of rotatable bonds is 3. The lowest BCUT2D eigenvalue weighted by molar-refractivity contribution is 0.00578. The highest BCUT2D eigenvalue weighted by atomic mass is 19.1. The largest absolute Gasteiger partial charge is 0.497 e. The molecule has 1 saturated heterocycles. The predicted molar refractivity (Wildman–Crippen MR) is 113 cm³/mol. The van der Waals surface area contributed by atoms with Gasteiger partial charge in [-0.25, -0.2) is 9.18 Å². The molecule has 0 atom stereocenters. The molecule has 2 N–H and O–H groups in total. The summed E-state index contributed by atoms with van der Waals surface area (Å²) in [5, 5.41) is 2.89. The fourth-order valence-electron chi connectivity index (χ4n) is 3.10. The maximum Gasteiger partial charge on any atom is 0.497 e. The molecule has 7 nitrogen and oxygen atoms in total. The van der Waals surface area contributed by atoms with Gasteiger partial charge in [0.1, 0.15) is 11.4 Å². The normalized spacial score (nSPS) is 17.9. The SMILES string of the molecule is CC(C)(C)OC(=O)NCc1cc2c(F)c(B3OC(C)(C)C(C)(C)O3)ccc2c(=O)[nH]1. The van der Waals surface area contributed by atoms with E-state index in [-0.39, 0.29) is 22.8 Å². The Kier molecular flexibility index (Phi) is 5.49. The lowest BCUT2D eigenvalue weighted by atomic mass is 9.77. The van der Waals surface area contributed by atoms with Gasteiger partial charge in [-0.1, -0.05) is 6.07 Å². The smallest absolute Gasteiger partial charge is 0.444 e. The molecule has 9 heteroatoms. The van der Waals surface area contributed by atoms with E-state index in [0.29, 0.717) is 5.69 Å². The van der Waals surface area contributed by atoms with E-state index in [4.69, 9.17) is 14.0 Å². The number of benzene rings is 1. The zero-order chi connectivity index (χ0) is 22.5. The van der Waals surface area contributed by atoms with E-state index in [0.717, 1.165) is 0 Å². The third-order valence-electron chi connectivity index (χ3n) is 5.38. The van der Waals surface area contributed by atoms with Gasteiger partial charge in [-0.3, -0.25) is 4.79 Å². The summed E-state index contributed by atoms with van der Waals surface area (Å²) >= 11 is 0. The molecule has 0 aliphatic carbocycles. The minimum Gasteiger partial charge on any atom is -0.444 e. The van der Waals surface area contributed by atoms with Crippen LogP contribution in [0.2, 0.25) is 0 Å². The molecule has 162 valence electrons. The molecule has 1 fully saturated rings. The summed E-state index contributed by atoms with van der Waals surface area (Å²) in [6, 6.07) is 4.55. The molecule has 1 amide bonds. The van der Waals surface area contributed by atoms with Crippen LogP contribution in [-0.4, -0.2) is 35.0 Å². The maximum absolute atomic E-state index is 15.4. The molecule has 1 aliphatic heterocycles. The van der Waals surface area contributed by atoms with Crippen molar-refractivity contribution in [1.29, 1.82) is 0 Å². The summed E-state index contributed by atoms with van der Waals surface area (Å²) in [6.07, 6.45) is -0.630. The fourth-order valence-corrected chi connectivity index (χ4v) is 3.10. The van der Waals surface area contributed by atoms with Crippen LogP contribution in [0.5, 0.6) is 0 Å². The summed E-state index contributed by atoms with van der Waals surface area (Å²) in [5.74, 6) is -0.587. The van der Waals surface area contributed by atoms with E-state index in [2.05, 4.69) is 10.3 Å². The average molecular weight is 418 g/mol. The molecule has 3 rings (SSSR count). The lowest BCUT2D eigenvalue weighted by Gasteiger charge is -2.32. The van der Waals surface area contributed by atoms with Crippen LogP contribution in [0.4, 0.5) is 9.18 Å². The number of H-pyrrole nitrogens is 1. The number of hydrogen-bond acceptors (Lipinski definition) is 5. The van der Waals surface area contributed by atoms with Gasteiger partial charge in [0.15, 0.2) is 0 Å². The topological polar surface area (TPSA) is 89.7 Å². The van der Waals surface area contributed by atoms with Gasteiger partial charge < -0.3 is 24.3 Å². The third kappa shape index (κ3) is 4.37. The summed E-state index contributed by atoms with van der Waals surface area (Å²) < 4.78 is 32.4. The van der Waals surface area contributed by atoms with Crippen LogP contribution >= 0.6 is 0 Å². The number of pyridine rings is 1. The number of carbonyl (C=O) groups excluding carboxylic acids is 1. The summed E-state index contributed by atoms with van der Waals surface area (Å²) in [4.78, 5) is 27.0. The van der Waals surface area contributed by atoms with E-state index in [1.54, 1.807) is 26.8 Å². The molecule has 1 aromatic heterocycles. The Morgan fingerprint density at radius 1 is 1.17 bits per heavy atom. The Balaban J connectivity index is 1.91. The van der Waals surface area contributed by atoms with E-state index in [9.17, 15) is 9.59 Å². The van der Waals surface area contributed by atoms with Crippen molar-refractivity contribution in [3.8, 4) is 0 Å². The Hall–Kier alpha value is -2.39. The van der Waals surface area contributed by atoms with Gasteiger partial charge >= 0.3 is 13.2 Å². The first kappa shape index (κ1) is 22.3. The number of alkyl carbamates (subject to hydrolysis) is 1. The van der Waals surface area contributed by atoms with Crippen molar-refractivity contribution in [2.24, 2.45) is 0 Å². The van der Waals surface area contributed by atoms with Gasteiger partial charge in [0.05, 0.1) is 17.7 Å². The van der Waals surface area contributed by atoms with Gasteiger partial charge in [-0.05, 0) is 60.6 Å². The van der Waals surface area contributed by atoms with Crippen molar-refractivity contribution in [2.45, 2.75) is 71.8 Å². The highest BCUT2D eigenvalue weighted by Gasteiger charge is 2.52. The molecule has 1 aliphatic rings. The van der Waals surface area contributed by atoms with Gasteiger partial charge in [0.2, 0.25) is 0 Å². The molecule has 0 bridgehead atoms. The van der Waals surface area contributed by atoms with Crippen LogP contribution in [0.25, 0.3) is 10.8 Å². The molecule has 0 unspecified atom stereocenters. The Morgan fingerprint density at radius 3 is 2.33 bits per heavy atom. The maximum atomic E-state index is 15.4. The standard InChI is InChI=1S/C21H28BFN2O5/c1-19(2,3)28-18(27)24-11-12-10-14-13(17(26)25-12)8-9-15(16(14)23)22-29-20(4,5)21(6,7)30-22/h8-10H,11H2,1-7H3,(H,24,27)(H,25,26). The lowest BCUT2D eigenvalue weighted by Crippen LogP contribution is -2.41. The van der Waals surface area contributed by atoms with E-state index in [1.807, 2.05) is 27.7 Å². The molecular formula is C21H28BFN2O5. The minimum atomic E-state index is -0.887. The Labute approximate surface area is 175 Å². The second-order valence-corrected chi connectivity index (χ2v) is 9.50. The van der Waals surface area contributed by atoms with Crippen molar-refractivity contribution in [3.63, 3.8) is 0 Å². The molecule has 0 spiro atoms. The predicted octanol–water partition coefficient (Wildman–Crippen LogP) is 2.99. The summed E-state index contributed by atoms with van der Waals surface area (Å²) in [7, 11) is -0.887. The molecule has 30 heavy (non-hydrogen) atoms. The van der Waals surface area contributed by atoms with Crippen LogP contribution in [0, 0.1) is 5.82 Å². The van der Waals surface area contributed by atoms with Crippen LogP contribution in [-0.2, 0) is 20.6 Å². The minimum absolute atomic E-state index is 0.0136. The number of ether oxygens (including phenoxy) is 1. The number of nitrogens with one attached hydrogen (secondary N) is 2. The second-order valence-electron chi connectivity index (χ2n) is 9.50. The van der Waals surface area contributed by atoms with Crippen molar-refractivity contribution in [1.82, 2.24) is 10.3 Å². The third-order valence-corrected chi connectivity index (χ3v) is 5.38. The molecule has 1 aromatic carbocycles. The number of aromatic nitrogens is 1. The molecule has 0 radical (unpaired) electrons. The highest BCUT2D eigenvalue weighted by Crippen LogP contribution is 2.36. The molecule has 2 heterocycles. The van der Waals surface area contributed by atoms with E-state index < -0.39 is 41.4 Å². The number of aromatic amines is 1. The summed E-state index contributed by atoms with van der Waals surface area (Å²) in [6.45, 7) is 12.8. The van der Waals surface area contributed by atoms with E-state index in [1.165, 1.54) is 12.1 Å². The van der Waals surface area contributed by atoms with Crippen LogP contribution in [0.15, 0.2) is 23.0 Å². The first-order chi connectivity index (χ1) is 13.7. The van der Waals surface area contributed by atoms with Crippen molar-refractivity contribution >= 4 is 29.4 Å². The average Bonchev–Trinajstić information content (AvgIpc) is 2.80. The molecular weight excluding hydrogens is 390 g/mol. The van der Waals surface area contributed by atoms with Crippen LogP contribution in [0.3, 0.4) is 0 Å². The number of fused-ring (bicyclic) bond motifs is 1.